The maximum atomic E-state index is 13.0. The summed E-state index contributed by atoms with van der Waals surface area (Å²) in [5.41, 5.74) is 0. The van der Waals surface area contributed by atoms with E-state index in [2.05, 4.69) is 4.72 Å². The highest BCUT2D eigenvalue weighted by Gasteiger charge is 2.43. The number of nitrogens with one attached hydrogen (secondary N) is 1. The molecule has 27 heavy (non-hydrogen) atoms. The van der Waals surface area contributed by atoms with Crippen molar-refractivity contribution in [1.29, 1.82) is 0 Å². The molecule has 2 saturated heterocycles. The summed E-state index contributed by atoms with van der Waals surface area (Å²) in [4.78, 5) is 15.0. The lowest BCUT2D eigenvalue weighted by atomic mass is 9.83. The van der Waals surface area contributed by atoms with Crippen LogP contribution in [0.25, 0.3) is 0 Å². The van der Waals surface area contributed by atoms with Crippen molar-refractivity contribution in [2.24, 2.45) is 17.8 Å². The molecule has 0 unspecified atom stereocenters. The van der Waals surface area contributed by atoms with Gasteiger partial charge in [0, 0.05) is 43.5 Å². The molecule has 5 atom stereocenters. The molecule has 2 heterocycles. The second-order valence-corrected chi connectivity index (χ2v) is 10.8. The van der Waals surface area contributed by atoms with Crippen LogP contribution in [0.3, 0.4) is 0 Å². The average Bonchev–Trinajstić information content (AvgIpc) is 3.21. The number of likely N-dealkylation sites (tertiary alicyclic amines) is 1. The molecule has 1 amide bonds. The number of hydrogen-bond donors (Lipinski definition) is 1. The first kappa shape index (κ1) is 21.0. The molecule has 156 valence electrons. The Morgan fingerprint density at radius 3 is 2.48 bits per heavy atom. The zero-order chi connectivity index (χ0) is 19.6. The molecule has 1 saturated carbocycles. The zero-order valence-corrected chi connectivity index (χ0v) is 17.5. The second kappa shape index (κ2) is 8.76. The number of rotatable bonds is 7. The van der Waals surface area contributed by atoms with Gasteiger partial charge in [0.1, 0.15) is 0 Å². The fourth-order valence-corrected chi connectivity index (χ4v) is 5.38. The SMILES string of the molecule is CCCO[C@H]1C[C@@H](C(=O)N2C[C@H]3COC[C@H]3C2)CC[C@@H]1NS(=O)(=O)C(C)C. The lowest BCUT2D eigenvalue weighted by molar-refractivity contribution is -0.138. The van der Waals surface area contributed by atoms with Gasteiger partial charge in [0.2, 0.25) is 15.9 Å². The van der Waals surface area contributed by atoms with Crippen molar-refractivity contribution in [1.82, 2.24) is 9.62 Å². The average molecular weight is 403 g/mol. The molecule has 3 fully saturated rings. The van der Waals surface area contributed by atoms with Gasteiger partial charge in [-0.3, -0.25) is 4.79 Å². The van der Waals surface area contributed by atoms with Gasteiger partial charge in [-0.05, 0) is 39.5 Å². The number of hydrogen-bond acceptors (Lipinski definition) is 5. The van der Waals surface area contributed by atoms with E-state index in [0.29, 0.717) is 37.7 Å². The molecule has 3 rings (SSSR count). The Morgan fingerprint density at radius 1 is 1.22 bits per heavy atom. The van der Waals surface area contributed by atoms with E-state index < -0.39 is 15.3 Å². The van der Waals surface area contributed by atoms with Crippen LogP contribution in [0, 0.1) is 17.8 Å². The van der Waals surface area contributed by atoms with E-state index in [-0.39, 0.29) is 24.0 Å². The molecule has 0 spiro atoms. The highest BCUT2D eigenvalue weighted by molar-refractivity contribution is 7.90. The van der Waals surface area contributed by atoms with Gasteiger partial charge in [-0.2, -0.15) is 0 Å². The Labute approximate surface area is 163 Å². The maximum Gasteiger partial charge on any atom is 0.225 e. The van der Waals surface area contributed by atoms with Gasteiger partial charge in [0.25, 0.3) is 0 Å². The van der Waals surface area contributed by atoms with Crippen LogP contribution < -0.4 is 4.72 Å². The van der Waals surface area contributed by atoms with Gasteiger partial charge in [-0.1, -0.05) is 6.92 Å². The van der Waals surface area contributed by atoms with Crippen LogP contribution in [-0.2, 0) is 24.3 Å². The lowest BCUT2D eigenvalue weighted by Gasteiger charge is -2.37. The van der Waals surface area contributed by atoms with Crippen molar-refractivity contribution in [2.45, 2.75) is 63.9 Å². The van der Waals surface area contributed by atoms with E-state index >= 15 is 0 Å². The summed E-state index contributed by atoms with van der Waals surface area (Å²) in [5.74, 6) is 1.09. The largest absolute Gasteiger partial charge is 0.381 e. The number of sulfonamides is 1. The number of nitrogens with zero attached hydrogens (tertiary/aromatic N) is 1. The van der Waals surface area contributed by atoms with Crippen LogP contribution >= 0.6 is 0 Å². The first-order valence-corrected chi connectivity index (χ1v) is 11.9. The van der Waals surface area contributed by atoms with Crippen molar-refractivity contribution in [2.75, 3.05) is 32.9 Å². The molecule has 0 aromatic carbocycles. The Balaban J connectivity index is 1.62. The van der Waals surface area contributed by atoms with Gasteiger partial charge in [0.15, 0.2) is 0 Å². The van der Waals surface area contributed by atoms with Crippen molar-refractivity contribution in [3.63, 3.8) is 0 Å². The van der Waals surface area contributed by atoms with E-state index in [4.69, 9.17) is 9.47 Å². The Morgan fingerprint density at radius 2 is 1.89 bits per heavy atom. The van der Waals surface area contributed by atoms with Crippen molar-refractivity contribution in [3.8, 4) is 0 Å². The summed E-state index contributed by atoms with van der Waals surface area (Å²) in [6.07, 6.45) is 2.56. The summed E-state index contributed by atoms with van der Waals surface area (Å²) >= 11 is 0. The minimum Gasteiger partial charge on any atom is -0.381 e. The van der Waals surface area contributed by atoms with E-state index in [1.165, 1.54) is 0 Å². The van der Waals surface area contributed by atoms with Crippen molar-refractivity contribution < 1.29 is 22.7 Å². The normalized spacial score (nSPS) is 34.2. The van der Waals surface area contributed by atoms with E-state index in [1.54, 1.807) is 13.8 Å². The van der Waals surface area contributed by atoms with E-state index in [0.717, 1.165) is 32.7 Å². The van der Waals surface area contributed by atoms with Crippen LogP contribution in [0.2, 0.25) is 0 Å². The molecular weight excluding hydrogens is 368 g/mol. The van der Waals surface area contributed by atoms with Crippen LogP contribution in [0.5, 0.6) is 0 Å². The maximum absolute atomic E-state index is 13.0. The Bertz CT molecular complexity index is 612. The standard InChI is InChI=1S/C19H34N2O5S/c1-4-7-26-18-8-14(5-6-17(18)20-27(23,24)13(2)3)19(22)21-9-15-11-25-12-16(15)10-21/h13-18,20H,4-12H2,1-3H3/t14-,15-,16+,17-,18-/m0/s1. The van der Waals surface area contributed by atoms with Gasteiger partial charge in [-0.25, -0.2) is 13.1 Å². The predicted molar refractivity (Wildman–Crippen MR) is 103 cm³/mol. The topological polar surface area (TPSA) is 84.9 Å². The zero-order valence-electron chi connectivity index (χ0n) is 16.7. The molecule has 3 aliphatic rings. The molecule has 1 N–H and O–H groups in total. The third kappa shape index (κ3) is 4.83. The Hall–Kier alpha value is -0.700. The van der Waals surface area contributed by atoms with Gasteiger partial charge < -0.3 is 14.4 Å². The van der Waals surface area contributed by atoms with Crippen LogP contribution in [0.1, 0.15) is 46.5 Å². The third-order valence-corrected chi connectivity index (χ3v) is 8.04. The Kier molecular flexibility index (Phi) is 6.82. The molecule has 0 bridgehead atoms. The first-order chi connectivity index (χ1) is 12.8. The number of amides is 1. The molecule has 1 aliphatic carbocycles. The highest BCUT2D eigenvalue weighted by Crippen LogP contribution is 2.34. The molecule has 0 aromatic rings. The highest BCUT2D eigenvalue weighted by atomic mass is 32.2. The summed E-state index contributed by atoms with van der Waals surface area (Å²) in [6, 6.07) is -0.251. The summed E-state index contributed by atoms with van der Waals surface area (Å²) in [6.45, 7) is 9.08. The van der Waals surface area contributed by atoms with Crippen LogP contribution in [0.4, 0.5) is 0 Å². The molecule has 0 radical (unpaired) electrons. The van der Waals surface area contributed by atoms with E-state index in [1.807, 2.05) is 11.8 Å². The van der Waals surface area contributed by atoms with Crippen LogP contribution in [-0.4, -0.2) is 69.5 Å². The quantitative estimate of drug-likeness (QED) is 0.695. The summed E-state index contributed by atoms with van der Waals surface area (Å²) in [5, 5.41) is -0.477. The number of carbonyl (C=O) groups excluding carboxylic acids is 1. The van der Waals surface area contributed by atoms with Crippen molar-refractivity contribution >= 4 is 15.9 Å². The smallest absolute Gasteiger partial charge is 0.225 e. The molecule has 7 nitrogen and oxygen atoms in total. The minimum atomic E-state index is -3.36. The lowest BCUT2D eigenvalue weighted by Crippen LogP contribution is -2.51. The monoisotopic (exact) mass is 402 g/mol. The van der Waals surface area contributed by atoms with E-state index in [9.17, 15) is 13.2 Å². The molecule has 0 aromatic heterocycles. The first-order valence-electron chi connectivity index (χ1n) is 10.3. The molecular formula is C19H34N2O5S. The summed E-state index contributed by atoms with van der Waals surface area (Å²) in [7, 11) is -3.36. The minimum absolute atomic E-state index is 0.0774. The number of carbonyl (C=O) groups is 1. The van der Waals surface area contributed by atoms with Gasteiger partial charge in [-0.15, -0.1) is 0 Å². The predicted octanol–water partition coefficient (Wildman–Crippen LogP) is 1.38. The van der Waals surface area contributed by atoms with Gasteiger partial charge >= 0.3 is 0 Å². The van der Waals surface area contributed by atoms with Gasteiger partial charge in [0.05, 0.1) is 24.6 Å². The molecule has 8 heteroatoms. The van der Waals surface area contributed by atoms with Crippen molar-refractivity contribution in [3.05, 3.63) is 0 Å². The van der Waals surface area contributed by atoms with Crippen LogP contribution in [0.15, 0.2) is 0 Å². The summed E-state index contributed by atoms with van der Waals surface area (Å²) < 4.78 is 38.9. The number of fused-ring (bicyclic) bond motifs is 1. The third-order valence-electron chi connectivity index (χ3n) is 6.17. The fourth-order valence-electron chi connectivity index (χ4n) is 4.41. The fraction of sp³-hybridized carbons (Fsp3) is 0.947. The number of ether oxygens (including phenoxy) is 2. The second-order valence-electron chi connectivity index (χ2n) is 8.54. The molecule has 2 aliphatic heterocycles.